The van der Waals surface area contributed by atoms with Gasteiger partial charge < -0.3 is 5.32 Å². The van der Waals surface area contributed by atoms with Crippen molar-refractivity contribution < 1.29 is 0 Å². The van der Waals surface area contributed by atoms with Crippen molar-refractivity contribution in [1.29, 1.82) is 0 Å². The van der Waals surface area contributed by atoms with Gasteiger partial charge in [-0.2, -0.15) is 0 Å². The summed E-state index contributed by atoms with van der Waals surface area (Å²) in [6.45, 7) is 8.38. The normalized spacial score (nSPS) is 36.1. The molecular weight excluding hydrogens is 182 g/mol. The molecule has 0 radical (unpaired) electrons. The van der Waals surface area contributed by atoms with Gasteiger partial charge in [-0.1, -0.05) is 32.4 Å². The molecule has 1 aliphatic carbocycles. The molecule has 86 valence electrons. The van der Waals surface area contributed by atoms with E-state index >= 15 is 0 Å². The highest BCUT2D eigenvalue weighted by atomic mass is 14.9. The van der Waals surface area contributed by atoms with E-state index in [1.807, 2.05) is 0 Å². The highest BCUT2D eigenvalue weighted by Gasteiger charge is 2.28. The van der Waals surface area contributed by atoms with Gasteiger partial charge in [0.2, 0.25) is 0 Å². The van der Waals surface area contributed by atoms with E-state index in [2.05, 4.69) is 32.2 Å². The Morgan fingerprint density at radius 3 is 2.73 bits per heavy atom. The van der Waals surface area contributed by atoms with Crippen molar-refractivity contribution in [2.45, 2.75) is 58.9 Å². The van der Waals surface area contributed by atoms with Crippen LogP contribution in [0.25, 0.3) is 0 Å². The van der Waals surface area contributed by atoms with Crippen LogP contribution in [-0.2, 0) is 0 Å². The van der Waals surface area contributed by atoms with Crippen LogP contribution in [0.5, 0.6) is 0 Å². The molecule has 1 fully saturated rings. The van der Waals surface area contributed by atoms with E-state index < -0.39 is 0 Å². The van der Waals surface area contributed by atoms with Gasteiger partial charge in [0.05, 0.1) is 0 Å². The van der Waals surface area contributed by atoms with Crippen LogP contribution in [0.1, 0.15) is 52.9 Å². The van der Waals surface area contributed by atoms with Crippen LogP contribution >= 0.6 is 0 Å². The number of hydrogen-bond donors (Lipinski definition) is 1. The minimum Gasteiger partial charge on any atom is -0.310 e. The molecule has 2 atom stereocenters. The Bertz CT molecular complexity index is 244. The molecule has 2 rings (SSSR count). The van der Waals surface area contributed by atoms with Crippen LogP contribution in [0.4, 0.5) is 0 Å². The lowest BCUT2D eigenvalue weighted by Crippen LogP contribution is -2.40. The molecule has 1 heteroatoms. The van der Waals surface area contributed by atoms with Crippen LogP contribution in [0.15, 0.2) is 11.6 Å². The molecule has 0 aromatic carbocycles. The molecule has 0 amide bonds. The fourth-order valence-corrected chi connectivity index (χ4v) is 2.94. The monoisotopic (exact) mass is 207 g/mol. The van der Waals surface area contributed by atoms with E-state index in [4.69, 9.17) is 0 Å². The third kappa shape index (κ3) is 2.84. The molecule has 0 saturated carbocycles. The quantitative estimate of drug-likeness (QED) is 0.649. The van der Waals surface area contributed by atoms with Gasteiger partial charge in [0.1, 0.15) is 0 Å². The second-order valence-corrected chi connectivity index (χ2v) is 6.30. The highest BCUT2D eigenvalue weighted by Crippen LogP contribution is 2.37. The largest absolute Gasteiger partial charge is 0.310 e. The molecule has 0 bridgehead atoms. The first-order valence-corrected chi connectivity index (χ1v) is 6.49. The van der Waals surface area contributed by atoms with Crippen LogP contribution < -0.4 is 5.32 Å². The Kier molecular flexibility index (Phi) is 3.20. The maximum Gasteiger partial charge on any atom is 0.0279 e. The minimum absolute atomic E-state index is 0.537. The standard InChI is InChI=1S/C14H25N/c1-11-6-7-13(15-10-11)12-5-4-8-14(2,3)9-12/h5,11,13,15H,4,6-10H2,1-3H3. The van der Waals surface area contributed by atoms with Crippen LogP contribution in [0, 0.1) is 11.3 Å². The third-order valence-electron chi connectivity index (χ3n) is 4.02. The zero-order chi connectivity index (χ0) is 10.9. The second-order valence-electron chi connectivity index (χ2n) is 6.30. The SMILES string of the molecule is CC1CCC(C2=CCCC(C)(C)C2)NC1. The van der Waals surface area contributed by atoms with Crippen molar-refractivity contribution >= 4 is 0 Å². The van der Waals surface area contributed by atoms with Gasteiger partial charge in [0, 0.05) is 6.04 Å². The minimum atomic E-state index is 0.537. The van der Waals surface area contributed by atoms with Crippen molar-refractivity contribution in [1.82, 2.24) is 5.32 Å². The summed E-state index contributed by atoms with van der Waals surface area (Å²) < 4.78 is 0. The van der Waals surface area contributed by atoms with Gasteiger partial charge in [-0.05, 0) is 50.0 Å². The molecule has 0 spiro atoms. The van der Waals surface area contributed by atoms with E-state index in [0.717, 1.165) is 5.92 Å². The van der Waals surface area contributed by atoms with Crippen molar-refractivity contribution in [2.75, 3.05) is 6.54 Å². The number of piperidine rings is 1. The molecule has 2 unspecified atom stereocenters. The highest BCUT2D eigenvalue weighted by molar-refractivity contribution is 5.17. The van der Waals surface area contributed by atoms with Crippen LogP contribution in [0.2, 0.25) is 0 Å². The summed E-state index contributed by atoms with van der Waals surface area (Å²) in [5.41, 5.74) is 2.23. The molecule has 0 aromatic rings. The van der Waals surface area contributed by atoms with E-state index in [-0.39, 0.29) is 0 Å². The maximum absolute atomic E-state index is 3.71. The first-order valence-electron chi connectivity index (χ1n) is 6.49. The Morgan fingerprint density at radius 2 is 2.13 bits per heavy atom. The lowest BCUT2D eigenvalue weighted by Gasteiger charge is -2.36. The summed E-state index contributed by atoms with van der Waals surface area (Å²) in [5.74, 6) is 0.874. The summed E-state index contributed by atoms with van der Waals surface area (Å²) >= 11 is 0. The molecule has 1 heterocycles. The van der Waals surface area contributed by atoms with Gasteiger partial charge in [0.15, 0.2) is 0 Å². The number of hydrogen-bond acceptors (Lipinski definition) is 1. The van der Waals surface area contributed by atoms with E-state index in [1.54, 1.807) is 5.57 Å². The summed E-state index contributed by atoms with van der Waals surface area (Å²) in [6, 6.07) is 0.695. The lowest BCUT2D eigenvalue weighted by atomic mass is 9.74. The zero-order valence-electron chi connectivity index (χ0n) is 10.5. The van der Waals surface area contributed by atoms with Crippen molar-refractivity contribution in [3.8, 4) is 0 Å². The predicted octanol–water partition coefficient (Wildman–Crippen LogP) is 3.51. The lowest BCUT2D eigenvalue weighted by molar-refractivity contribution is 0.284. The van der Waals surface area contributed by atoms with Crippen LogP contribution in [0.3, 0.4) is 0 Å². The van der Waals surface area contributed by atoms with Gasteiger partial charge in [-0.25, -0.2) is 0 Å². The fraction of sp³-hybridized carbons (Fsp3) is 0.857. The average molecular weight is 207 g/mol. The smallest absolute Gasteiger partial charge is 0.0279 e. The maximum atomic E-state index is 3.71. The zero-order valence-corrected chi connectivity index (χ0v) is 10.5. The van der Waals surface area contributed by atoms with E-state index in [0.29, 0.717) is 11.5 Å². The summed E-state index contributed by atoms with van der Waals surface area (Å²) in [7, 11) is 0. The fourth-order valence-electron chi connectivity index (χ4n) is 2.94. The van der Waals surface area contributed by atoms with Crippen molar-refractivity contribution in [3.05, 3.63) is 11.6 Å². The summed E-state index contributed by atoms with van der Waals surface area (Å²) in [5, 5.41) is 3.71. The van der Waals surface area contributed by atoms with Crippen molar-refractivity contribution in [2.24, 2.45) is 11.3 Å². The third-order valence-corrected chi connectivity index (χ3v) is 4.02. The number of nitrogens with one attached hydrogen (secondary N) is 1. The first-order chi connectivity index (χ1) is 7.07. The van der Waals surface area contributed by atoms with Gasteiger partial charge >= 0.3 is 0 Å². The topological polar surface area (TPSA) is 12.0 Å². The van der Waals surface area contributed by atoms with Crippen LogP contribution in [-0.4, -0.2) is 12.6 Å². The summed E-state index contributed by atoms with van der Waals surface area (Å²) in [6.07, 6.45) is 9.20. The van der Waals surface area contributed by atoms with E-state index in [1.165, 1.54) is 38.6 Å². The molecule has 2 aliphatic rings. The molecule has 15 heavy (non-hydrogen) atoms. The Balaban J connectivity index is 1.96. The molecule has 0 aromatic heterocycles. The number of allylic oxidation sites excluding steroid dienone is 1. The number of rotatable bonds is 1. The molecule has 1 aliphatic heterocycles. The van der Waals surface area contributed by atoms with Gasteiger partial charge in [-0.3, -0.25) is 0 Å². The van der Waals surface area contributed by atoms with Crippen molar-refractivity contribution in [3.63, 3.8) is 0 Å². The Labute approximate surface area is 94.3 Å². The Hall–Kier alpha value is -0.300. The van der Waals surface area contributed by atoms with E-state index in [9.17, 15) is 0 Å². The van der Waals surface area contributed by atoms with Gasteiger partial charge in [-0.15, -0.1) is 0 Å². The molecular formula is C14H25N. The predicted molar refractivity (Wildman–Crippen MR) is 65.9 cm³/mol. The average Bonchev–Trinajstić information content (AvgIpc) is 2.17. The molecule has 1 saturated heterocycles. The summed E-state index contributed by atoms with van der Waals surface area (Å²) in [4.78, 5) is 0. The Morgan fingerprint density at radius 1 is 1.33 bits per heavy atom. The molecule has 1 N–H and O–H groups in total. The van der Waals surface area contributed by atoms with Gasteiger partial charge in [0.25, 0.3) is 0 Å². The second kappa shape index (κ2) is 4.29. The molecule has 1 nitrogen and oxygen atoms in total. The first kappa shape index (κ1) is 11.2.